The molecule has 0 atom stereocenters. The fourth-order valence-corrected chi connectivity index (χ4v) is 3.90. The molecule has 2 amide bonds. The lowest BCUT2D eigenvalue weighted by Crippen LogP contribution is -2.37. The summed E-state index contributed by atoms with van der Waals surface area (Å²) in [6.45, 7) is 1.91. The number of nitrogens with two attached hydrogens (primary N) is 1. The Morgan fingerprint density at radius 2 is 1.59 bits per heavy atom. The molecule has 0 spiro atoms. The Bertz CT molecular complexity index is 1320. The van der Waals surface area contributed by atoms with E-state index < -0.39 is 12.0 Å². The maximum Gasteiger partial charge on any atom is 0.409 e. The van der Waals surface area contributed by atoms with Crippen molar-refractivity contribution in [1.82, 2.24) is 19.8 Å². The highest BCUT2D eigenvalue weighted by Gasteiger charge is 2.23. The zero-order valence-electron chi connectivity index (χ0n) is 20.3. The number of aromatic nitrogens is 2. The summed E-state index contributed by atoms with van der Waals surface area (Å²) in [4.78, 5) is 36.7. The SMILES string of the molecule is COC(=O)N1CCCN(C(=O)c2ccc(-c3cnc(N)c(C(=N)OC(=N)c4ccccc4)n3)cc2)CC1.[HH]. The number of nitrogens with one attached hydrogen (secondary N) is 2. The van der Waals surface area contributed by atoms with Crippen LogP contribution in [0.15, 0.2) is 60.8 Å². The molecule has 1 saturated heterocycles. The minimum atomic E-state index is -0.394. The molecule has 1 aliphatic rings. The van der Waals surface area contributed by atoms with Crippen molar-refractivity contribution < 1.29 is 20.5 Å². The minimum absolute atomic E-state index is 0. The average molecular weight is 504 g/mol. The lowest BCUT2D eigenvalue weighted by atomic mass is 10.1. The van der Waals surface area contributed by atoms with Gasteiger partial charge in [-0.15, -0.1) is 0 Å². The van der Waals surface area contributed by atoms with Crippen LogP contribution >= 0.6 is 0 Å². The van der Waals surface area contributed by atoms with E-state index in [-0.39, 0.29) is 24.7 Å². The summed E-state index contributed by atoms with van der Waals surface area (Å²) in [6.07, 6.45) is 1.75. The summed E-state index contributed by atoms with van der Waals surface area (Å²) in [5.41, 5.74) is 8.07. The topological polar surface area (TPSA) is 159 Å². The number of hydrogen-bond donors (Lipinski definition) is 3. The second kappa shape index (κ2) is 11.3. The van der Waals surface area contributed by atoms with Crippen molar-refractivity contribution in [2.75, 3.05) is 39.0 Å². The number of ether oxygens (including phenoxy) is 2. The zero-order chi connectivity index (χ0) is 26.4. The summed E-state index contributed by atoms with van der Waals surface area (Å²) in [7, 11) is 1.35. The van der Waals surface area contributed by atoms with Crippen molar-refractivity contribution in [3.05, 3.63) is 77.6 Å². The summed E-state index contributed by atoms with van der Waals surface area (Å²) in [6, 6.07) is 15.6. The Kier molecular flexibility index (Phi) is 7.72. The Morgan fingerprint density at radius 1 is 0.919 bits per heavy atom. The third-order valence-electron chi connectivity index (χ3n) is 5.90. The molecule has 11 heteroatoms. The van der Waals surface area contributed by atoms with Gasteiger partial charge >= 0.3 is 6.09 Å². The van der Waals surface area contributed by atoms with E-state index in [0.717, 1.165) is 0 Å². The second-order valence-corrected chi connectivity index (χ2v) is 8.30. The molecule has 0 radical (unpaired) electrons. The van der Waals surface area contributed by atoms with E-state index in [4.69, 9.17) is 26.0 Å². The van der Waals surface area contributed by atoms with Crippen LogP contribution in [0.4, 0.5) is 10.6 Å². The fourth-order valence-electron chi connectivity index (χ4n) is 3.90. The largest absolute Gasteiger partial charge is 0.453 e. The molecule has 1 aliphatic heterocycles. The molecule has 0 bridgehead atoms. The van der Waals surface area contributed by atoms with Gasteiger partial charge in [0, 0.05) is 44.3 Å². The average Bonchev–Trinajstić information content (AvgIpc) is 3.19. The number of carbonyl (C=O) groups is 2. The molecule has 2 heterocycles. The predicted octanol–water partition coefficient (Wildman–Crippen LogP) is 3.25. The van der Waals surface area contributed by atoms with Crippen LogP contribution in [0.3, 0.4) is 0 Å². The number of amides is 2. The molecular formula is C26H29N7O4. The molecular weight excluding hydrogens is 474 g/mol. The number of nitrogen functional groups attached to an aromatic ring is 1. The van der Waals surface area contributed by atoms with Gasteiger partial charge in [0.2, 0.25) is 11.8 Å². The second-order valence-electron chi connectivity index (χ2n) is 8.30. The normalized spacial score (nSPS) is 13.4. The molecule has 1 aromatic heterocycles. The van der Waals surface area contributed by atoms with Crippen molar-refractivity contribution in [2.45, 2.75) is 6.42 Å². The Balaban J connectivity index is 0.00000400. The van der Waals surface area contributed by atoms with E-state index in [9.17, 15) is 9.59 Å². The molecule has 192 valence electrons. The Hall–Kier alpha value is -4.80. The first-order chi connectivity index (χ1) is 17.9. The van der Waals surface area contributed by atoms with Crippen LogP contribution in [0.5, 0.6) is 0 Å². The summed E-state index contributed by atoms with van der Waals surface area (Å²) in [5, 5.41) is 16.3. The molecule has 4 N–H and O–H groups in total. The molecule has 0 aliphatic carbocycles. The van der Waals surface area contributed by atoms with Crippen molar-refractivity contribution in [2.24, 2.45) is 0 Å². The van der Waals surface area contributed by atoms with Crippen molar-refractivity contribution >= 4 is 29.6 Å². The lowest BCUT2D eigenvalue weighted by molar-refractivity contribution is 0.0757. The summed E-state index contributed by atoms with van der Waals surface area (Å²) in [5.74, 6) is -0.724. The number of anilines is 1. The monoisotopic (exact) mass is 503 g/mol. The van der Waals surface area contributed by atoms with Gasteiger partial charge in [0.15, 0.2) is 11.5 Å². The maximum atomic E-state index is 13.0. The van der Waals surface area contributed by atoms with Gasteiger partial charge in [-0.3, -0.25) is 15.6 Å². The summed E-state index contributed by atoms with van der Waals surface area (Å²) < 4.78 is 10.1. The van der Waals surface area contributed by atoms with E-state index in [0.29, 0.717) is 55.0 Å². The Morgan fingerprint density at radius 3 is 2.30 bits per heavy atom. The summed E-state index contributed by atoms with van der Waals surface area (Å²) >= 11 is 0. The quantitative estimate of drug-likeness (QED) is 0.364. The first kappa shape index (κ1) is 25.3. The minimum Gasteiger partial charge on any atom is -0.453 e. The third-order valence-corrected chi connectivity index (χ3v) is 5.90. The highest BCUT2D eigenvalue weighted by molar-refractivity contribution is 6.05. The van der Waals surface area contributed by atoms with E-state index in [1.807, 2.05) is 6.07 Å². The van der Waals surface area contributed by atoms with Crippen molar-refractivity contribution in [3.8, 4) is 11.3 Å². The molecule has 0 unspecified atom stereocenters. The van der Waals surface area contributed by atoms with Crippen molar-refractivity contribution in [1.29, 1.82) is 10.8 Å². The van der Waals surface area contributed by atoms with Gasteiger partial charge in [0.1, 0.15) is 0 Å². The highest BCUT2D eigenvalue weighted by atomic mass is 16.5. The number of carbonyl (C=O) groups excluding carboxylic acids is 2. The van der Waals surface area contributed by atoms with E-state index in [2.05, 4.69) is 9.97 Å². The third kappa shape index (κ3) is 5.89. The van der Waals surface area contributed by atoms with Gasteiger partial charge in [-0.2, -0.15) is 0 Å². The number of hydrogen-bond acceptors (Lipinski definition) is 9. The molecule has 2 aromatic carbocycles. The van der Waals surface area contributed by atoms with Gasteiger partial charge < -0.3 is 25.0 Å². The molecule has 4 rings (SSSR count). The van der Waals surface area contributed by atoms with Crippen molar-refractivity contribution in [3.63, 3.8) is 0 Å². The van der Waals surface area contributed by atoms with Crippen LogP contribution in [-0.2, 0) is 9.47 Å². The van der Waals surface area contributed by atoms with Crippen LogP contribution in [0.25, 0.3) is 11.3 Å². The number of nitrogens with zero attached hydrogens (tertiary/aromatic N) is 4. The molecule has 37 heavy (non-hydrogen) atoms. The van der Waals surface area contributed by atoms with Gasteiger partial charge in [0.05, 0.1) is 19.0 Å². The molecule has 0 saturated carbocycles. The number of rotatable bonds is 4. The van der Waals surface area contributed by atoms with Crippen LogP contribution in [0.2, 0.25) is 0 Å². The van der Waals surface area contributed by atoms with Gasteiger partial charge in [0.25, 0.3) is 5.91 Å². The van der Waals surface area contributed by atoms with Crippen LogP contribution in [0, 0.1) is 10.8 Å². The molecule has 11 nitrogen and oxygen atoms in total. The van der Waals surface area contributed by atoms with Gasteiger partial charge in [-0.1, -0.05) is 30.3 Å². The molecule has 1 fully saturated rings. The van der Waals surface area contributed by atoms with Crippen LogP contribution in [0.1, 0.15) is 29.5 Å². The van der Waals surface area contributed by atoms with Gasteiger partial charge in [-0.05, 0) is 30.7 Å². The van der Waals surface area contributed by atoms with E-state index in [1.54, 1.807) is 58.3 Å². The predicted molar refractivity (Wildman–Crippen MR) is 140 cm³/mol. The van der Waals surface area contributed by atoms with E-state index in [1.165, 1.54) is 13.3 Å². The maximum absolute atomic E-state index is 13.0. The zero-order valence-corrected chi connectivity index (χ0v) is 20.3. The molecule has 3 aromatic rings. The first-order valence-corrected chi connectivity index (χ1v) is 11.6. The lowest BCUT2D eigenvalue weighted by Gasteiger charge is -2.21. The van der Waals surface area contributed by atoms with Crippen LogP contribution in [-0.4, -0.2) is 76.9 Å². The fraction of sp³-hybridized carbons (Fsp3) is 0.231. The smallest absolute Gasteiger partial charge is 0.409 e. The standard InChI is InChI=1S/C26H27N7O4.H2/c1-36-26(35)33-13-5-12-32(14-15-33)25(34)19-10-8-17(9-11-19)20-16-30-22(27)21(31-20)24(29)37-23(28)18-6-3-2-4-7-18;/h2-4,6-11,16,28-29H,5,12-15H2,1H3,(H2,27,30);1H. The highest BCUT2D eigenvalue weighted by Crippen LogP contribution is 2.21. The Labute approximate surface area is 215 Å². The van der Waals surface area contributed by atoms with Gasteiger partial charge in [-0.25, -0.2) is 14.8 Å². The number of benzene rings is 2. The first-order valence-electron chi connectivity index (χ1n) is 11.6. The van der Waals surface area contributed by atoms with E-state index >= 15 is 0 Å². The number of methoxy groups -OCH3 is 1. The van der Waals surface area contributed by atoms with Crippen LogP contribution < -0.4 is 5.73 Å².